The van der Waals surface area contributed by atoms with E-state index in [0.717, 1.165) is 40.7 Å². The molecule has 0 aliphatic carbocycles. The Kier molecular flexibility index (Phi) is 7.46. The Morgan fingerprint density at radius 2 is 1.68 bits per heavy atom. The van der Waals surface area contributed by atoms with Crippen molar-refractivity contribution in [3.8, 4) is 23.0 Å². The van der Waals surface area contributed by atoms with Crippen LogP contribution in [0.1, 0.15) is 11.1 Å². The lowest BCUT2D eigenvalue weighted by atomic mass is 10.1. The molecule has 0 bridgehead atoms. The summed E-state index contributed by atoms with van der Waals surface area (Å²) in [7, 11) is 3.33. The van der Waals surface area contributed by atoms with Gasteiger partial charge in [-0.25, -0.2) is 9.59 Å². The van der Waals surface area contributed by atoms with E-state index in [1.54, 1.807) is 14.2 Å². The zero-order valence-electron chi connectivity index (χ0n) is 15.4. The van der Waals surface area contributed by atoms with Gasteiger partial charge in [-0.2, -0.15) is 0 Å². The van der Waals surface area contributed by atoms with E-state index in [4.69, 9.17) is 38.7 Å². The minimum Gasteiger partial charge on any atom is -0.497 e. The summed E-state index contributed by atoms with van der Waals surface area (Å²) in [6, 6.07) is 11.7. The predicted molar refractivity (Wildman–Crippen MR) is 97.9 cm³/mol. The monoisotopic (exact) mass is 391 g/mol. The number of carboxylic acid groups (broad SMARTS) is 2. The number of nitrogens with one attached hydrogen (secondary N) is 1. The van der Waals surface area contributed by atoms with E-state index in [0.29, 0.717) is 13.3 Å². The third kappa shape index (κ3) is 5.78. The fourth-order valence-corrected chi connectivity index (χ4v) is 2.41. The summed E-state index contributed by atoms with van der Waals surface area (Å²) in [4.78, 5) is 18.2. The standard InChI is InChI=1S/C17H19NO4.C2H2O4/c1-19-14-4-6-15(20-2)13(8-14)10-18-9-12-3-5-16-17(7-12)22-11-21-16;3-1(4)2(5)6/h3-8,18H,9-11H2,1-2H3;(H,3,4)(H,5,6). The van der Waals surface area contributed by atoms with Crippen LogP contribution < -0.4 is 24.3 Å². The van der Waals surface area contributed by atoms with Crippen LogP contribution in [0.5, 0.6) is 23.0 Å². The Morgan fingerprint density at radius 1 is 0.964 bits per heavy atom. The van der Waals surface area contributed by atoms with Crippen LogP contribution in [0.4, 0.5) is 0 Å². The molecule has 0 saturated heterocycles. The predicted octanol–water partition coefficient (Wildman–Crippen LogP) is 1.88. The van der Waals surface area contributed by atoms with Crippen molar-refractivity contribution in [3.05, 3.63) is 47.5 Å². The molecule has 0 fully saturated rings. The maximum Gasteiger partial charge on any atom is 0.414 e. The van der Waals surface area contributed by atoms with Crippen molar-refractivity contribution in [1.82, 2.24) is 5.32 Å². The number of carbonyl (C=O) groups is 2. The average Bonchev–Trinajstić information content (AvgIpc) is 3.16. The van der Waals surface area contributed by atoms with Gasteiger partial charge in [0.1, 0.15) is 11.5 Å². The lowest BCUT2D eigenvalue weighted by molar-refractivity contribution is -0.159. The van der Waals surface area contributed by atoms with Gasteiger partial charge in [-0.3, -0.25) is 0 Å². The second-order valence-electron chi connectivity index (χ2n) is 5.58. The van der Waals surface area contributed by atoms with Crippen LogP contribution >= 0.6 is 0 Å². The minimum atomic E-state index is -1.82. The summed E-state index contributed by atoms with van der Waals surface area (Å²) in [5, 5.41) is 18.2. The third-order valence-electron chi connectivity index (χ3n) is 3.75. The Bertz CT molecular complexity index is 825. The van der Waals surface area contributed by atoms with Crippen molar-refractivity contribution in [2.75, 3.05) is 21.0 Å². The van der Waals surface area contributed by atoms with Gasteiger partial charge in [0.2, 0.25) is 6.79 Å². The number of carboxylic acids is 2. The Morgan fingerprint density at radius 3 is 2.32 bits per heavy atom. The quantitative estimate of drug-likeness (QED) is 0.633. The Labute approximate surface area is 161 Å². The highest BCUT2D eigenvalue weighted by molar-refractivity contribution is 6.27. The second-order valence-corrected chi connectivity index (χ2v) is 5.58. The molecule has 0 saturated carbocycles. The number of aliphatic carboxylic acids is 2. The molecule has 0 spiro atoms. The highest BCUT2D eigenvalue weighted by Crippen LogP contribution is 2.32. The molecule has 9 nitrogen and oxygen atoms in total. The molecule has 0 aromatic heterocycles. The fourth-order valence-electron chi connectivity index (χ4n) is 2.41. The average molecular weight is 391 g/mol. The molecule has 150 valence electrons. The molecular formula is C19H21NO8. The fraction of sp³-hybridized carbons (Fsp3) is 0.263. The molecule has 1 aliphatic heterocycles. The van der Waals surface area contributed by atoms with E-state index < -0.39 is 11.9 Å². The lowest BCUT2D eigenvalue weighted by Gasteiger charge is -2.11. The Hall–Kier alpha value is -3.46. The topological polar surface area (TPSA) is 124 Å². The van der Waals surface area contributed by atoms with Gasteiger partial charge >= 0.3 is 11.9 Å². The molecule has 0 unspecified atom stereocenters. The minimum absolute atomic E-state index is 0.299. The summed E-state index contributed by atoms with van der Waals surface area (Å²) < 4.78 is 21.3. The summed E-state index contributed by atoms with van der Waals surface area (Å²) >= 11 is 0. The highest BCUT2D eigenvalue weighted by Gasteiger charge is 2.13. The SMILES string of the molecule is COc1ccc(OC)c(CNCc2ccc3c(c2)OCO3)c1.O=C(O)C(=O)O. The van der Waals surface area contributed by atoms with E-state index in [1.807, 2.05) is 36.4 Å². The van der Waals surface area contributed by atoms with Crippen LogP contribution in [0.25, 0.3) is 0 Å². The number of fused-ring (bicyclic) bond motifs is 1. The van der Waals surface area contributed by atoms with E-state index in [1.165, 1.54) is 0 Å². The Balaban J connectivity index is 0.000000409. The second kappa shape index (κ2) is 10.0. The number of rotatable bonds is 6. The summed E-state index contributed by atoms with van der Waals surface area (Å²) in [5.41, 5.74) is 2.20. The zero-order valence-corrected chi connectivity index (χ0v) is 15.4. The lowest BCUT2D eigenvalue weighted by Crippen LogP contribution is -2.13. The molecule has 0 amide bonds. The normalized spacial score (nSPS) is 11.2. The molecule has 0 atom stereocenters. The zero-order chi connectivity index (χ0) is 20.5. The van der Waals surface area contributed by atoms with Crippen molar-refractivity contribution >= 4 is 11.9 Å². The van der Waals surface area contributed by atoms with E-state index in [-0.39, 0.29) is 0 Å². The van der Waals surface area contributed by atoms with Crippen LogP contribution in [0.3, 0.4) is 0 Å². The first kappa shape index (κ1) is 20.8. The number of hydrogen-bond acceptors (Lipinski definition) is 7. The first-order chi connectivity index (χ1) is 13.4. The molecule has 2 aromatic carbocycles. The maximum absolute atomic E-state index is 9.10. The van der Waals surface area contributed by atoms with Crippen molar-refractivity contribution in [3.63, 3.8) is 0 Å². The molecule has 1 heterocycles. The van der Waals surface area contributed by atoms with Gasteiger partial charge in [0.05, 0.1) is 14.2 Å². The smallest absolute Gasteiger partial charge is 0.414 e. The summed E-state index contributed by atoms with van der Waals surface area (Å²) in [6.07, 6.45) is 0. The molecule has 0 radical (unpaired) electrons. The van der Waals surface area contributed by atoms with Crippen molar-refractivity contribution < 1.29 is 38.7 Å². The summed E-state index contributed by atoms with van der Waals surface area (Å²) in [5.74, 6) is -0.374. The number of methoxy groups -OCH3 is 2. The van der Waals surface area contributed by atoms with E-state index >= 15 is 0 Å². The van der Waals surface area contributed by atoms with Crippen molar-refractivity contribution in [2.24, 2.45) is 0 Å². The largest absolute Gasteiger partial charge is 0.497 e. The van der Waals surface area contributed by atoms with Gasteiger partial charge in [0, 0.05) is 18.7 Å². The van der Waals surface area contributed by atoms with Crippen molar-refractivity contribution in [1.29, 1.82) is 0 Å². The van der Waals surface area contributed by atoms with Crippen LogP contribution in [0.15, 0.2) is 36.4 Å². The van der Waals surface area contributed by atoms with Gasteiger partial charge in [0.25, 0.3) is 0 Å². The number of benzene rings is 2. The van der Waals surface area contributed by atoms with E-state index in [2.05, 4.69) is 5.32 Å². The van der Waals surface area contributed by atoms with E-state index in [9.17, 15) is 0 Å². The highest BCUT2D eigenvalue weighted by atomic mass is 16.7. The van der Waals surface area contributed by atoms with Crippen LogP contribution in [0, 0.1) is 0 Å². The third-order valence-corrected chi connectivity index (χ3v) is 3.75. The van der Waals surface area contributed by atoms with Gasteiger partial charge in [-0.15, -0.1) is 0 Å². The molecule has 1 aliphatic rings. The van der Waals surface area contributed by atoms with Gasteiger partial charge < -0.3 is 34.5 Å². The van der Waals surface area contributed by atoms with Crippen molar-refractivity contribution in [2.45, 2.75) is 13.1 Å². The number of hydrogen-bond donors (Lipinski definition) is 3. The molecule has 28 heavy (non-hydrogen) atoms. The van der Waals surface area contributed by atoms with Crippen LogP contribution in [-0.2, 0) is 22.7 Å². The van der Waals surface area contributed by atoms with Crippen LogP contribution in [-0.4, -0.2) is 43.2 Å². The first-order valence-corrected chi connectivity index (χ1v) is 8.21. The van der Waals surface area contributed by atoms with Gasteiger partial charge in [-0.1, -0.05) is 6.07 Å². The van der Waals surface area contributed by atoms with Gasteiger partial charge in [0.15, 0.2) is 11.5 Å². The number of ether oxygens (including phenoxy) is 4. The van der Waals surface area contributed by atoms with Gasteiger partial charge in [-0.05, 0) is 35.9 Å². The first-order valence-electron chi connectivity index (χ1n) is 8.21. The van der Waals surface area contributed by atoms with Crippen LogP contribution in [0.2, 0.25) is 0 Å². The maximum atomic E-state index is 9.10. The molecule has 3 rings (SSSR count). The molecular weight excluding hydrogens is 370 g/mol. The molecule has 9 heteroatoms. The molecule has 3 N–H and O–H groups in total. The summed E-state index contributed by atoms with van der Waals surface area (Å²) in [6.45, 7) is 1.72. The molecule has 2 aromatic rings.